The molecule has 114 valence electrons. The maximum Gasteiger partial charge on any atom is 0.306 e. The maximum absolute atomic E-state index is 11.1. The van der Waals surface area contributed by atoms with Crippen molar-refractivity contribution in [1.29, 1.82) is 0 Å². The first-order chi connectivity index (χ1) is 9.16. The highest BCUT2D eigenvalue weighted by atomic mass is 35.5. The van der Waals surface area contributed by atoms with Crippen molar-refractivity contribution >= 4 is 11.6 Å². The van der Waals surface area contributed by atoms with Crippen LogP contribution in [-0.4, -0.2) is 47.8 Å². The van der Waals surface area contributed by atoms with Gasteiger partial charge in [-0.05, 0) is 32.9 Å². The van der Waals surface area contributed by atoms with Crippen molar-refractivity contribution < 1.29 is 23.7 Å². The van der Waals surface area contributed by atoms with Crippen molar-refractivity contribution in [2.24, 2.45) is 5.18 Å². The highest BCUT2D eigenvalue weighted by Crippen LogP contribution is 2.48. The van der Waals surface area contributed by atoms with Crippen molar-refractivity contribution in [2.75, 3.05) is 6.61 Å². The van der Waals surface area contributed by atoms with Gasteiger partial charge in [0.25, 0.3) is 0 Å². The van der Waals surface area contributed by atoms with Gasteiger partial charge in [0.15, 0.2) is 17.7 Å². The normalized spacial score (nSPS) is 49.2. The Morgan fingerprint density at radius 2 is 1.70 bits per heavy atom. The first kappa shape index (κ1) is 14.6. The second-order valence-corrected chi connectivity index (χ2v) is 6.71. The molecule has 3 saturated heterocycles. The quantitative estimate of drug-likeness (QED) is 0.439. The molecule has 5 atom stereocenters. The predicted octanol–water partition coefficient (Wildman–Crippen LogP) is 1.72. The summed E-state index contributed by atoms with van der Waals surface area (Å²) in [4.78, 5) is 11.1. The Balaban J connectivity index is 1.84. The number of nitroso groups, excluding NO2 is 1. The number of ether oxygens (including phenoxy) is 5. The number of rotatable bonds is 2. The van der Waals surface area contributed by atoms with E-state index in [1.54, 1.807) is 27.7 Å². The van der Waals surface area contributed by atoms with Crippen LogP contribution in [0.2, 0.25) is 0 Å². The van der Waals surface area contributed by atoms with Gasteiger partial charge >= 0.3 is 5.18 Å². The van der Waals surface area contributed by atoms with Crippen LogP contribution < -0.4 is 0 Å². The van der Waals surface area contributed by atoms with Crippen molar-refractivity contribution in [3.63, 3.8) is 0 Å². The van der Waals surface area contributed by atoms with Crippen LogP contribution in [0.15, 0.2) is 5.18 Å². The number of fused-ring (bicyclic) bond motifs is 1. The topological polar surface area (TPSA) is 75.6 Å². The van der Waals surface area contributed by atoms with Crippen molar-refractivity contribution in [3.8, 4) is 0 Å². The Bertz CT molecular complexity index is 430. The molecular formula is C12H18ClNO6. The van der Waals surface area contributed by atoms with E-state index in [0.717, 1.165) is 0 Å². The summed E-state index contributed by atoms with van der Waals surface area (Å²) >= 11 is 6.12. The number of hydrogen-bond acceptors (Lipinski definition) is 7. The third kappa shape index (κ3) is 2.26. The summed E-state index contributed by atoms with van der Waals surface area (Å²) in [5.41, 5.74) is 0. The van der Waals surface area contributed by atoms with Gasteiger partial charge in [0.1, 0.15) is 18.3 Å². The van der Waals surface area contributed by atoms with E-state index in [4.69, 9.17) is 35.3 Å². The van der Waals surface area contributed by atoms with Crippen molar-refractivity contribution in [3.05, 3.63) is 4.91 Å². The summed E-state index contributed by atoms with van der Waals surface area (Å²) in [7, 11) is 0. The van der Waals surface area contributed by atoms with E-state index in [1.165, 1.54) is 0 Å². The van der Waals surface area contributed by atoms with E-state index < -0.39 is 41.2 Å². The summed E-state index contributed by atoms with van der Waals surface area (Å²) in [6, 6.07) is 0. The average Bonchev–Trinajstić information content (AvgIpc) is 2.92. The Labute approximate surface area is 121 Å². The lowest BCUT2D eigenvalue weighted by Gasteiger charge is -2.27. The van der Waals surface area contributed by atoms with Crippen LogP contribution in [0.4, 0.5) is 0 Å². The molecular weight excluding hydrogens is 290 g/mol. The molecule has 0 saturated carbocycles. The fourth-order valence-corrected chi connectivity index (χ4v) is 3.14. The number of hydrogen-bond donors (Lipinski definition) is 0. The van der Waals surface area contributed by atoms with Crippen LogP contribution in [0, 0.1) is 4.91 Å². The van der Waals surface area contributed by atoms with Gasteiger partial charge in [0, 0.05) is 0 Å². The van der Waals surface area contributed by atoms with Gasteiger partial charge in [-0.3, -0.25) is 0 Å². The van der Waals surface area contributed by atoms with Crippen LogP contribution in [0.3, 0.4) is 0 Å². The third-order valence-corrected chi connectivity index (χ3v) is 4.00. The number of nitrogens with zero attached hydrogens (tertiary/aromatic N) is 1. The summed E-state index contributed by atoms with van der Waals surface area (Å²) in [6.45, 7) is 7.44. The summed E-state index contributed by atoms with van der Waals surface area (Å²) < 4.78 is 28.3. The summed E-state index contributed by atoms with van der Waals surface area (Å²) in [5, 5.41) is 1.09. The van der Waals surface area contributed by atoms with Gasteiger partial charge in [-0.1, -0.05) is 11.6 Å². The Morgan fingerprint density at radius 1 is 1.00 bits per heavy atom. The van der Waals surface area contributed by atoms with E-state index in [-0.39, 0.29) is 0 Å². The minimum atomic E-state index is -1.79. The SMILES string of the molecule is CC1(C)OC[C@@H]([C@H]2O[C@@](Cl)(N=O)[C@H]3OC(C)(C)O[C@@H]23)O1. The monoisotopic (exact) mass is 307 g/mol. The van der Waals surface area contributed by atoms with Gasteiger partial charge in [-0.25, -0.2) is 0 Å². The van der Waals surface area contributed by atoms with Gasteiger partial charge in [-0.2, -0.15) is 0 Å². The fourth-order valence-electron chi connectivity index (χ4n) is 2.87. The van der Waals surface area contributed by atoms with Crippen LogP contribution in [0.1, 0.15) is 27.7 Å². The van der Waals surface area contributed by atoms with E-state index in [2.05, 4.69) is 5.18 Å². The third-order valence-electron chi connectivity index (χ3n) is 3.63. The van der Waals surface area contributed by atoms with Gasteiger partial charge in [0.2, 0.25) is 0 Å². The van der Waals surface area contributed by atoms with E-state index >= 15 is 0 Å². The average molecular weight is 308 g/mol. The highest BCUT2D eigenvalue weighted by Gasteiger charge is 2.66. The summed E-state index contributed by atoms with van der Waals surface area (Å²) in [6.07, 6.45) is -2.26. The Hall–Kier alpha value is -0.310. The molecule has 0 unspecified atom stereocenters. The zero-order valence-corrected chi connectivity index (χ0v) is 12.5. The molecule has 3 aliphatic heterocycles. The smallest absolute Gasteiger partial charge is 0.306 e. The molecule has 3 aliphatic rings. The molecule has 0 aliphatic carbocycles. The molecule has 3 rings (SSSR count). The molecule has 0 amide bonds. The molecule has 0 N–H and O–H groups in total. The van der Waals surface area contributed by atoms with Gasteiger partial charge < -0.3 is 23.7 Å². The molecule has 0 aromatic rings. The lowest BCUT2D eigenvalue weighted by atomic mass is 10.1. The number of halogens is 1. The molecule has 0 aromatic heterocycles. The van der Waals surface area contributed by atoms with E-state index in [1.807, 2.05) is 0 Å². The standard InChI is InChI=1S/C12H18ClNO6/c1-10(2)16-5-6(17-10)7-8-9(12(13,14-15)19-7)20-11(3,4)18-8/h6-9H,5H2,1-4H3/t6-,7+,8-,9-,12-/m0/s1. The largest absolute Gasteiger partial charge is 0.348 e. The number of alkyl halides is 1. The van der Waals surface area contributed by atoms with Crippen molar-refractivity contribution in [1.82, 2.24) is 0 Å². The molecule has 3 heterocycles. The highest BCUT2D eigenvalue weighted by molar-refractivity contribution is 6.23. The first-order valence-electron chi connectivity index (χ1n) is 6.54. The zero-order valence-electron chi connectivity index (χ0n) is 11.8. The lowest BCUT2D eigenvalue weighted by molar-refractivity contribution is -0.211. The molecule has 0 radical (unpaired) electrons. The molecule has 0 spiro atoms. The Morgan fingerprint density at radius 3 is 2.25 bits per heavy atom. The van der Waals surface area contributed by atoms with E-state index in [0.29, 0.717) is 6.61 Å². The lowest BCUT2D eigenvalue weighted by Crippen LogP contribution is -2.40. The molecule has 7 nitrogen and oxygen atoms in total. The predicted molar refractivity (Wildman–Crippen MR) is 68.0 cm³/mol. The fraction of sp³-hybridized carbons (Fsp3) is 1.00. The molecule has 20 heavy (non-hydrogen) atoms. The van der Waals surface area contributed by atoms with Crippen LogP contribution >= 0.6 is 11.6 Å². The second kappa shape index (κ2) is 4.34. The van der Waals surface area contributed by atoms with Crippen LogP contribution in [0.5, 0.6) is 0 Å². The molecule has 0 bridgehead atoms. The minimum Gasteiger partial charge on any atom is -0.348 e. The summed E-state index contributed by atoms with van der Waals surface area (Å²) in [5.74, 6) is -1.55. The minimum absolute atomic E-state index is 0.330. The maximum atomic E-state index is 11.1. The Kier molecular flexibility index (Phi) is 3.18. The van der Waals surface area contributed by atoms with Gasteiger partial charge in [0.05, 0.1) is 6.61 Å². The van der Waals surface area contributed by atoms with Crippen LogP contribution in [-0.2, 0) is 23.7 Å². The van der Waals surface area contributed by atoms with Crippen molar-refractivity contribution in [2.45, 2.75) is 68.9 Å². The zero-order chi connectivity index (χ0) is 14.8. The molecule has 8 heteroatoms. The first-order valence-corrected chi connectivity index (χ1v) is 6.92. The molecule has 3 fully saturated rings. The molecule has 0 aromatic carbocycles. The van der Waals surface area contributed by atoms with Gasteiger partial charge in [-0.15, -0.1) is 4.91 Å². The van der Waals surface area contributed by atoms with E-state index in [9.17, 15) is 4.91 Å². The van der Waals surface area contributed by atoms with Crippen LogP contribution in [0.25, 0.3) is 0 Å². The second-order valence-electron chi connectivity index (χ2n) is 6.17.